The highest BCUT2D eigenvalue weighted by molar-refractivity contribution is 5.97. The van der Waals surface area contributed by atoms with Crippen molar-refractivity contribution in [1.82, 2.24) is 9.88 Å². The average Bonchev–Trinajstić information content (AvgIpc) is 2.77. The molecule has 0 N–H and O–H groups in total. The van der Waals surface area contributed by atoms with Crippen LogP contribution in [0, 0.1) is 0 Å². The van der Waals surface area contributed by atoms with Crippen LogP contribution in [0.25, 0.3) is 0 Å². The number of pyridine rings is 1. The van der Waals surface area contributed by atoms with E-state index in [1.807, 2.05) is 54.3 Å². The van der Waals surface area contributed by atoms with Crippen molar-refractivity contribution >= 4 is 23.3 Å². The van der Waals surface area contributed by atoms with Crippen LogP contribution in [0.3, 0.4) is 0 Å². The molecule has 0 saturated carbocycles. The lowest BCUT2D eigenvalue weighted by atomic mass is 10.1. The Bertz CT molecular complexity index is 865. The minimum absolute atomic E-state index is 0.0342. The predicted molar refractivity (Wildman–Crippen MR) is 111 cm³/mol. The number of benzene rings is 1. The molecule has 1 atom stereocenters. The van der Waals surface area contributed by atoms with Gasteiger partial charge in [-0.3, -0.25) is 9.59 Å². The average molecular weight is 394 g/mol. The summed E-state index contributed by atoms with van der Waals surface area (Å²) in [5.41, 5.74) is 0.784. The number of fused-ring (bicyclic) bond motifs is 1. The second kappa shape index (κ2) is 8.51. The molecule has 7 nitrogen and oxygen atoms in total. The minimum atomic E-state index is -0.0655. The molecule has 1 saturated heterocycles. The Morgan fingerprint density at radius 1 is 1.00 bits per heavy atom. The lowest BCUT2D eigenvalue weighted by Gasteiger charge is -2.36. The minimum Gasteiger partial charge on any atom is -0.487 e. The molecule has 29 heavy (non-hydrogen) atoms. The van der Waals surface area contributed by atoms with Crippen LogP contribution in [-0.2, 0) is 9.59 Å². The maximum atomic E-state index is 12.8. The van der Waals surface area contributed by atoms with Crippen LogP contribution >= 0.6 is 0 Å². The molecule has 0 aliphatic carbocycles. The molecule has 0 unspecified atom stereocenters. The fraction of sp³-hybridized carbons (Fsp3) is 0.409. The first kappa shape index (κ1) is 19.2. The number of ether oxygens (including phenoxy) is 1. The lowest BCUT2D eigenvalue weighted by molar-refractivity contribution is -0.133. The summed E-state index contributed by atoms with van der Waals surface area (Å²) in [5.74, 6) is 1.66. The Labute approximate surface area is 170 Å². The fourth-order valence-corrected chi connectivity index (χ4v) is 3.86. The van der Waals surface area contributed by atoms with Gasteiger partial charge in [-0.25, -0.2) is 4.98 Å². The summed E-state index contributed by atoms with van der Waals surface area (Å²) in [7, 11) is 0. The largest absolute Gasteiger partial charge is 0.487 e. The summed E-state index contributed by atoms with van der Waals surface area (Å²) < 4.78 is 5.80. The first-order valence-corrected chi connectivity index (χ1v) is 10.1. The molecule has 1 fully saturated rings. The number of nitrogens with zero attached hydrogens (tertiary/aromatic N) is 4. The van der Waals surface area contributed by atoms with Gasteiger partial charge in [0, 0.05) is 45.2 Å². The number of carbonyl (C=O) groups is 2. The Kier molecular flexibility index (Phi) is 5.64. The van der Waals surface area contributed by atoms with Gasteiger partial charge in [0.1, 0.15) is 17.7 Å². The van der Waals surface area contributed by atoms with Gasteiger partial charge in [-0.05, 0) is 31.2 Å². The highest BCUT2D eigenvalue weighted by atomic mass is 16.5. The number of piperazine rings is 1. The third-order valence-electron chi connectivity index (χ3n) is 5.38. The van der Waals surface area contributed by atoms with E-state index in [1.54, 1.807) is 11.1 Å². The predicted octanol–water partition coefficient (Wildman–Crippen LogP) is 2.32. The number of rotatable bonds is 4. The summed E-state index contributed by atoms with van der Waals surface area (Å²) in [6.07, 6.45) is 2.16. The van der Waals surface area contributed by atoms with E-state index < -0.39 is 0 Å². The van der Waals surface area contributed by atoms with Gasteiger partial charge in [0.2, 0.25) is 11.8 Å². The molecule has 2 aliphatic rings. The van der Waals surface area contributed by atoms with Crippen LogP contribution in [-0.4, -0.2) is 60.5 Å². The zero-order valence-corrected chi connectivity index (χ0v) is 16.7. The van der Waals surface area contributed by atoms with Crippen LogP contribution < -0.4 is 14.5 Å². The summed E-state index contributed by atoms with van der Waals surface area (Å²) in [5, 5.41) is 0. The van der Waals surface area contributed by atoms with Crippen molar-refractivity contribution in [2.24, 2.45) is 0 Å². The Morgan fingerprint density at radius 3 is 2.48 bits per heavy atom. The Hall–Kier alpha value is -3.09. The topological polar surface area (TPSA) is 66.0 Å². The van der Waals surface area contributed by atoms with E-state index in [-0.39, 0.29) is 30.8 Å². The van der Waals surface area contributed by atoms with Gasteiger partial charge in [-0.15, -0.1) is 0 Å². The first-order valence-electron chi connectivity index (χ1n) is 10.1. The van der Waals surface area contributed by atoms with Crippen LogP contribution in [0.15, 0.2) is 48.7 Å². The summed E-state index contributed by atoms with van der Waals surface area (Å²) >= 11 is 0. The summed E-state index contributed by atoms with van der Waals surface area (Å²) in [6.45, 7) is 5.27. The number of carbonyl (C=O) groups excluding carboxylic acids is 2. The highest BCUT2D eigenvalue weighted by Gasteiger charge is 2.28. The molecule has 0 bridgehead atoms. The van der Waals surface area contributed by atoms with E-state index >= 15 is 0 Å². The van der Waals surface area contributed by atoms with E-state index in [0.717, 1.165) is 30.3 Å². The zero-order chi connectivity index (χ0) is 20.2. The Balaban J connectivity index is 1.30. The third kappa shape index (κ3) is 4.34. The van der Waals surface area contributed by atoms with E-state index in [2.05, 4.69) is 9.88 Å². The molecule has 3 heterocycles. The molecule has 2 amide bonds. The molecule has 0 radical (unpaired) electrons. The van der Waals surface area contributed by atoms with Crippen LogP contribution in [0.4, 0.5) is 11.5 Å². The second-order valence-electron chi connectivity index (χ2n) is 7.46. The van der Waals surface area contributed by atoms with Crippen molar-refractivity contribution in [3.8, 4) is 5.75 Å². The number of hydrogen-bond donors (Lipinski definition) is 0. The molecule has 1 aromatic carbocycles. The van der Waals surface area contributed by atoms with E-state index in [4.69, 9.17) is 4.74 Å². The molecule has 7 heteroatoms. The van der Waals surface area contributed by atoms with Crippen molar-refractivity contribution in [1.29, 1.82) is 0 Å². The van der Waals surface area contributed by atoms with Crippen molar-refractivity contribution in [3.63, 3.8) is 0 Å². The lowest BCUT2D eigenvalue weighted by Crippen LogP contribution is -2.49. The molecular weight excluding hydrogens is 368 g/mol. The molecule has 0 spiro atoms. The molecule has 2 aliphatic heterocycles. The third-order valence-corrected chi connectivity index (χ3v) is 5.38. The van der Waals surface area contributed by atoms with E-state index in [0.29, 0.717) is 19.6 Å². The summed E-state index contributed by atoms with van der Waals surface area (Å²) in [6, 6.07) is 13.4. The van der Waals surface area contributed by atoms with Crippen LogP contribution in [0.5, 0.6) is 5.75 Å². The number of aromatic nitrogens is 1. The first-order chi connectivity index (χ1) is 14.1. The van der Waals surface area contributed by atoms with Crippen LogP contribution in [0.2, 0.25) is 0 Å². The summed E-state index contributed by atoms with van der Waals surface area (Å²) in [4.78, 5) is 35.6. The van der Waals surface area contributed by atoms with Crippen molar-refractivity contribution in [2.75, 3.05) is 42.5 Å². The maximum absolute atomic E-state index is 12.8. The fourth-order valence-electron chi connectivity index (χ4n) is 3.86. The van der Waals surface area contributed by atoms with Crippen molar-refractivity contribution in [3.05, 3.63) is 48.7 Å². The quantitative estimate of drug-likeness (QED) is 0.796. The van der Waals surface area contributed by atoms with E-state index in [1.165, 1.54) is 0 Å². The van der Waals surface area contributed by atoms with Gasteiger partial charge in [-0.2, -0.15) is 0 Å². The molecular formula is C22H26N4O3. The van der Waals surface area contributed by atoms with Gasteiger partial charge < -0.3 is 19.4 Å². The Morgan fingerprint density at radius 2 is 1.72 bits per heavy atom. The van der Waals surface area contributed by atoms with Gasteiger partial charge in [0.15, 0.2) is 0 Å². The second-order valence-corrected chi connectivity index (χ2v) is 7.46. The number of hydrogen-bond acceptors (Lipinski definition) is 5. The number of para-hydroxylation sites is 2. The monoisotopic (exact) mass is 394 g/mol. The van der Waals surface area contributed by atoms with Gasteiger partial charge in [0.25, 0.3) is 0 Å². The van der Waals surface area contributed by atoms with Gasteiger partial charge in [0.05, 0.1) is 12.2 Å². The normalized spacial score (nSPS) is 18.8. The molecule has 4 rings (SSSR count). The highest BCUT2D eigenvalue weighted by Crippen LogP contribution is 2.33. The number of amides is 2. The maximum Gasteiger partial charge on any atom is 0.227 e. The van der Waals surface area contributed by atoms with Crippen molar-refractivity contribution < 1.29 is 14.3 Å². The molecule has 152 valence electrons. The van der Waals surface area contributed by atoms with Gasteiger partial charge >= 0.3 is 0 Å². The zero-order valence-electron chi connectivity index (χ0n) is 16.7. The molecule has 1 aromatic heterocycles. The van der Waals surface area contributed by atoms with E-state index in [9.17, 15) is 9.59 Å². The smallest absolute Gasteiger partial charge is 0.227 e. The molecule has 2 aromatic rings. The number of anilines is 2. The van der Waals surface area contributed by atoms with Crippen LogP contribution in [0.1, 0.15) is 19.8 Å². The van der Waals surface area contributed by atoms with Gasteiger partial charge in [-0.1, -0.05) is 18.2 Å². The standard InChI is InChI=1S/C22H26N4O3/c1-17-16-26(18-6-2-3-7-19(18)29-17)22(28)10-9-21(27)25-14-12-24(13-15-25)20-8-4-5-11-23-20/h2-8,11,17H,9-10,12-16H2,1H3/t17-/m0/s1. The van der Waals surface area contributed by atoms with Crippen molar-refractivity contribution in [2.45, 2.75) is 25.9 Å². The SMILES string of the molecule is C[C@H]1CN(C(=O)CCC(=O)N2CCN(c3ccccn3)CC2)c2ccccc2O1.